The summed E-state index contributed by atoms with van der Waals surface area (Å²) in [5.74, 6) is 0.634. The van der Waals surface area contributed by atoms with Crippen LogP contribution in [-0.2, 0) is 17.6 Å². The summed E-state index contributed by atoms with van der Waals surface area (Å²) in [4.78, 5) is 13.2. The van der Waals surface area contributed by atoms with E-state index < -0.39 is 24.5 Å². The van der Waals surface area contributed by atoms with Crippen molar-refractivity contribution >= 4 is 17.0 Å². The molecule has 5 atom stereocenters. The van der Waals surface area contributed by atoms with Gasteiger partial charge < -0.3 is 25.4 Å². The molecule has 0 saturated carbocycles. The standard InChI is InChI=1S/C21H25N5O4/c27-9-15-17(28)18(29)21(30-15)26-11-24-16-19(22-10-23-20(16)26)25-14-7-3-6-12-4-1-2-5-13(12)8-14/h1-2,4-5,10-11,14-15,17-18,21,27-29H,3,6-9H2,(H,22,23,25)/t14?,15-,17-,18-,21-/m1/s1. The smallest absolute Gasteiger partial charge is 0.167 e. The van der Waals surface area contributed by atoms with Crippen molar-refractivity contribution < 1.29 is 20.1 Å². The summed E-state index contributed by atoms with van der Waals surface area (Å²) >= 11 is 0. The van der Waals surface area contributed by atoms with E-state index in [-0.39, 0.29) is 12.6 Å². The molecule has 5 rings (SSSR count). The van der Waals surface area contributed by atoms with Crippen LogP contribution in [0, 0.1) is 0 Å². The van der Waals surface area contributed by atoms with Gasteiger partial charge in [-0.25, -0.2) is 15.0 Å². The maximum Gasteiger partial charge on any atom is 0.167 e. The van der Waals surface area contributed by atoms with Gasteiger partial charge >= 0.3 is 0 Å². The summed E-state index contributed by atoms with van der Waals surface area (Å²) in [6.07, 6.45) is 2.98. The Kier molecular flexibility index (Phi) is 5.11. The minimum absolute atomic E-state index is 0.228. The van der Waals surface area contributed by atoms with E-state index in [0.29, 0.717) is 17.0 Å². The van der Waals surface area contributed by atoms with E-state index in [9.17, 15) is 15.3 Å². The number of aromatic nitrogens is 4. The molecule has 3 aromatic rings. The molecule has 9 nitrogen and oxygen atoms in total. The fraction of sp³-hybridized carbons (Fsp3) is 0.476. The van der Waals surface area contributed by atoms with Gasteiger partial charge in [0.05, 0.1) is 12.9 Å². The van der Waals surface area contributed by atoms with Gasteiger partial charge in [-0.1, -0.05) is 24.3 Å². The summed E-state index contributed by atoms with van der Waals surface area (Å²) in [6.45, 7) is -0.383. The zero-order chi connectivity index (χ0) is 20.7. The highest BCUT2D eigenvalue weighted by Crippen LogP contribution is 2.32. The van der Waals surface area contributed by atoms with Crippen molar-refractivity contribution in [2.24, 2.45) is 0 Å². The Balaban J connectivity index is 1.42. The number of ether oxygens (including phenoxy) is 1. The molecule has 2 aliphatic rings. The van der Waals surface area contributed by atoms with Crippen LogP contribution in [0.4, 0.5) is 5.82 Å². The number of benzene rings is 1. The Morgan fingerprint density at radius 1 is 1.10 bits per heavy atom. The number of rotatable bonds is 4. The lowest BCUT2D eigenvalue weighted by Crippen LogP contribution is -2.33. The van der Waals surface area contributed by atoms with Gasteiger partial charge in [-0.3, -0.25) is 4.57 Å². The summed E-state index contributed by atoms with van der Waals surface area (Å²) < 4.78 is 7.20. The number of hydrogen-bond donors (Lipinski definition) is 4. The van der Waals surface area contributed by atoms with E-state index in [1.165, 1.54) is 23.8 Å². The predicted molar refractivity (Wildman–Crippen MR) is 109 cm³/mol. The molecule has 1 fully saturated rings. The molecule has 158 valence electrons. The molecule has 0 amide bonds. The highest BCUT2D eigenvalue weighted by atomic mass is 16.6. The molecule has 30 heavy (non-hydrogen) atoms. The van der Waals surface area contributed by atoms with Gasteiger partial charge in [0.1, 0.15) is 24.6 Å². The van der Waals surface area contributed by atoms with Crippen LogP contribution < -0.4 is 5.32 Å². The van der Waals surface area contributed by atoms with Crippen LogP contribution in [0.2, 0.25) is 0 Å². The average molecular weight is 411 g/mol. The van der Waals surface area contributed by atoms with E-state index in [1.807, 2.05) is 0 Å². The molecular weight excluding hydrogens is 386 g/mol. The van der Waals surface area contributed by atoms with Crippen LogP contribution in [0.25, 0.3) is 11.2 Å². The van der Waals surface area contributed by atoms with E-state index in [1.54, 1.807) is 4.57 Å². The fourth-order valence-corrected chi connectivity index (χ4v) is 4.48. The SMILES string of the molecule is OC[C@H]1O[C@@H](n2cnc3c(NC4CCCc5ccccc5C4)ncnc32)[C@H](O)[C@@H]1O. The molecule has 9 heteroatoms. The van der Waals surface area contributed by atoms with E-state index in [0.717, 1.165) is 25.7 Å². The zero-order valence-corrected chi connectivity index (χ0v) is 16.4. The minimum atomic E-state index is -1.19. The lowest BCUT2D eigenvalue weighted by Gasteiger charge is -2.18. The maximum atomic E-state index is 10.4. The molecule has 1 saturated heterocycles. The summed E-state index contributed by atoms with van der Waals surface area (Å²) in [6, 6.07) is 8.77. The number of nitrogens with one attached hydrogen (secondary N) is 1. The lowest BCUT2D eigenvalue weighted by atomic mass is 10.0. The van der Waals surface area contributed by atoms with E-state index in [4.69, 9.17) is 4.74 Å². The fourth-order valence-electron chi connectivity index (χ4n) is 4.48. The number of hydrogen-bond acceptors (Lipinski definition) is 8. The molecular formula is C21H25N5O4. The number of fused-ring (bicyclic) bond motifs is 2. The van der Waals surface area contributed by atoms with Crippen LogP contribution in [0.1, 0.15) is 30.2 Å². The quantitative estimate of drug-likeness (QED) is 0.465. The number of aryl methyl sites for hydroxylation is 1. The topological polar surface area (TPSA) is 126 Å². The molecule has 2 aromatic heterocycles. The van der Waals surface area contributed by atoms with Gasteiger partial charge in [0.25, 0.3) is 0 Å². The zero-order valence-electron chi connectivity index (χ0n) is 16.4. The monoisotopic (exact) mass is 411 g/mol. The Labute approximate surface area is 173 Å². The normalized spacial score (nSPS) is 29.0. The second-order valence-corrected chi connectivity index (χ2v) is 7.98. The van der Waals surface area contributed by atoms with Gasteiger partial charge in [0.2, 0.25) is 0 Å². The molecule has 1 unspecified atom stereocenters. The molecule has 0 bridgehead atoms. The number of imidazole rings is 1. The van der Waals surface area contributed by atoms with Crippen molar-refractivity contribution in [3.8, 4) is 0 Å². The van der Waals surface area contributed by atoms with Gasteiger partial charge in [-0.05, 0) is 36.8 Å². The molecule has 1 aromatic carbocycles. The Bertz CT molecular complexity index is 1040. The number of anilines is 1. The van der Waals surface area contributed by atoms with Crippen molar-refractivity contribution in [1.82, 2.24) is 19.5 Å². The first kappa shape index (κ1) is 19.4. The first-order valence-corrected chi connectivity index (χ1v) is 10.3. The van der Waals surface area contributed by atoms with Crippen LogP contribution in [-0.4, -0.2) is 65.8 Å². The predicted octanol–water partition coefficient (Wildman–Crippen LogP) is 0.797. The van der Waals surface area contributed by atoms with Crippen molar-refractivity contribution in [3.05, 3.63) is 48.0 Å². The van der Waals surface area contributed by atoms with Crippen LogP contribution in [0.15, 0.2) is 36.9 Å². The van der Waals surface area contributed by atoms with Crippen molar-refractivity contribution in [1.29, 1.82) is 0 Å². The van der Waals surface area contributed by atoms with Gasteiger partial charge in [-0.15, -0.1) is 0 Å². The Morgan fingerprint density at radius 2 is 1.93 bits per heavy atom. The van der Waals surface area contributed by atoms with Crippen molar-refractivity contribution in [3.63, 3.8) is 0 Å². The highest BCUT2D eigenvalue weighted by Gasteiger charge is 2.44. The summed E-state index contributed by atoms with van der Waals surface area (Å²) in [5.41, 5.74) is 3.84. The Hall–Kier alpha value is -2.59. The summed E-state index contributed by atoms with van der Waals surface area (Å²) in [7, 11) is 0. The third-order valence-corrected chi connectivity index (χ3v) is 6.07. The van der Waals surface area contributed by atoms with Crippen LogP contribution >= 0.6 is 0 Å². The van der Waals surface area contributed by atoms with Crippen molar-refractivity contribution in [2.75, 3.05) is 11.9 Å². The maximum absolute atomic E-state index is 10.4. The number of nitrogens with zero attached hydrogens (tertiary/aromatic N) is 4. The highest BCUT2D eigenvalue weighted by molar-refractivity contribution is 5.82. The number of aliphatic hydroxyl groups excluding tert-OH is 3. The molecule has 1 aliphatic carbocycles. The van der Waals surface area contributed by atoms with E-state index in [2.05, 4.69) is 44.5 Å². The van der Waals surface area contributed by atoms with Gasteiger partial charge in [0, 0.05) is 6.04 Å². The molecule has 3 heterocycles. The first-order chi connectivity index (χ1) is 14.7. The van der Waals surface area contributed by atoms with E-state index >= 15 is 0 Å². The second kappa shape index (κ2) is 7.92. The van der Waals surface area contributed by atoms with Crippen molar-refractivity contribution in [2.45, 2.75) is 56.3 Å². The van der Waals surface area contributed by atoms with Crippen LogP contribution in [0.3, 0.4) is 0 Å². The largest absolute Gasteiger partial charge is 0.394 e. The van der Waals surface area contributed by atoms with Crippen LogP contribution in [0.5, 0.6) is 0 Å². The third-order valence-electron chi connectivity index (χ3n) is 6.07. The van der Waals surface area contributed by atoms with Gasteiger partial charge in [0.15, 0.2) is 23.2 Å². The number of aliphatic hydroxyl groups is 3. The average Bonchev–Trinajstić information content (AvgIpc) is 3.23. The lowest BCUT2D eigenvalue weighted by molar-refractivity contribution is -0.0511. The Morgan fingerprint density at radius 3 is 2.73 bits per heavy atom. The minimum Gasteiger partial charge on any atom is -0.394 e. The summed E-state index contributed by atoms with van der Waals surface area (Å²) in [5, 5.41) is 33.3. The van der Waals surface area contributed by atoms with Gasteiger partial charge in [-0.2, -0.15) is 0 Å². The molecule has 0 radical (unpaired) electrons. The third kappa shape index (κ3) is 3.33. The first-order valence-electron chi connectivity index (χ1n) is 10.3. The molecule has 1 aliphatic heterocycles. The second-order valence-electron chi connectivity index (χ2n) is 7.98. The molecule has 4 N–H and O–H groups in total. The molecule has 0 spiro atoms.